The van der Waals surface area contributed by atoms with Crippen LogP contribution < -0.4 is 10.6 Å². The highest BCUT2D eigenvalue weighted by atomic mass is 15.1. The van der Waals surface area contributed by atoms with E-state index in [2.05, 4.69) is 15.6 Å². The summed E-state index contributed by atoms with van der Waals surface area (Å²) in [5.74, 6) is 0.871. The lowest BCUT2D eigenvalue weighted by Gasteiger charge is -2.38. The monoisotopic (exact) mass is 189 g/mol. The minimum atomic E-state index is 0.612. The Bertz CT molecular complexity index is 333. The summed E-state index contributed by atoms with van der Waals surface area (Å²) in [7, 11) is 0. The molecule has 0 bridgehead atoms. The van der Waals surface area contributed by atoms with Gasteiger partial charge in [-0.1, -0.05) is 6.42 Å². The summed E-state index contributed by atoms with van der Waals surface area (Å²) < 4.78 is 0. The normalized spacial score (nSPS) is 25.6. The topological polar surface area (TPSA) is 37.0 Å². The van der Waals surface area contributed by atoms with Gasteiger partial charge >= 0.3 is 0 Å². The first-order chi connectivity index (χ1) is 6.93. The molecule has 14 heavy (non-hydrogen) atoms. The zero-order valence-electron chi connectivity index (χ0n) is 8.16. The van der Waals surface area contributed by atoms with Gasteiger partial charge in [-0.15, -0.1) is 0 Å². The second kappa shape index (κ2) is 3.15. The summed E-state index contributed by atoms with van der Waals surface area (Å²) in [5, 5.41) is 7.03. The van der Waals surface area contributed by atoms with E-state index in [-0.39, 0.29) is 0 Å². The van der Waals surface area contributed by atoms with Crippen molar-refractivity contribution in [3.05, 3.63) is 18.5 Å². The van der Waals surface area contributed by atoms with Gasteiger partial charge in [-0.2, -0.15) is 0 Å². The Kier molecular flexibility index (Phi) is 1.82. The molecule has 1 aliphatic heterocycles. The van der Waals surface area contributed by atoms with E-state index in [1.165, 1.54) is 24.9 Å². The molecule has 2 aliphatic rings. The molecule has 74 valence electrons. The summed E-state index contributed by atoms with van der Waals surface area (Å²) in [5.41, 5.74) is 2.35. The highest BCUT2D eigenvalue weighted by Gasteiger charge is 2.29. The van der Waals surface area contributed by atoms with Crippen LogP contribution in [0.3, 0.4) is 0 Å². The summed E-state index contributed by atoms with van der Waals surface area (Å²) in [6.07, 6.45) is 7.91. The molecule has 1 aliphatic carbocycles. The third-order valence-electron chi connectivity index (χ3n) is 3.39. The molecule has 2 N–H and O–H groups in total. The fraction of sp³-hybridized carbons (Fsp3) is 0.545. The molecule has 3 heteroatoms. The van der Waals surface area contributed by atoms with Gasteiger partial charge in [0, 0.05) is 18.8 Å². The average molecular weight is 189 g/mol. The number of pyridine rings is 1. The molecule has 1 aromatic heterocycles. The molecular formula is C11H15N3. The van der Waals surface area contributed by atoms with Crippen LogP contribution >= 0.6 is 0 Å². The maximum atomic E-state index is 4.13. The van der Waals surface area contributed by atoms with E-state index in [9.17, 15) is 0 Å². The number of nitrogens with zero attached hydrogens (tertiary/aromatic N) is 1. The summed E-state index contributed by atoms with van der Waals surface area (Å²) in [6, 6.07) is 2.64. The van der Waals surface area contributed by atoms with Crippen LogP contribution in [0.1, 0.15) is 19.3 Å². The largest absolute Gasteiger partial charge is 0.381 e. The molecule has 3 rings (SSSR count). The van der Waals surface area contributed by atoms with E-state index in [4.69, 9.17) is 0 Å². The van der Waals surface area contributed by atoms with Gasteiger partial charge in [-0.25, -0.2) is 0 Å². The van der Waals surface area contributed by atoms with Crippen molar-refractivity contribution in [3.63, 3.8) is 0 Å². The Morgan fingerprint density at radius 2 is 2.21 bits per heavy atom. The average Bonchev–Trinajstić information content (AvgIpc) is 2.15. The van der Waals surface area contributed by atoms with E-state index < -0.39 is 0 Å². The fourth-order valence-electron chi connectivity index (χ4n) is 2.26. The zero-order chi connectivity index (χ0) is 9.38. The number of fused-ring (bicyclic) bond motifs is 1. The smallest absolute Gasteiger partial charge is 0.0765 e. The Morgan fingerprint density at radius 3 is 3.00 bits per heavy atom. The Labute approximate surface area is 83.9 Å². The SMILES string of the molecule is c1cc2c(cn1)NC(C1CCC1)CN2. The van der Waals surface area contributed by atoms with Gasteiger partial charge in [0.1, 0.15) is 0 Å². The van der Waals surface area contributed by atoms with Crippen LogP contribution in [0.5, 0.6) is 0 Å². The standard InChI is InChI=1S/C11H15N3/c1-2-8(3-1)10-7-13-9-4-5-12-6-11(9)14-10/h4-6,8,10,13-14H,1-3,7H2. The predicted molar refractivity (Wildman–Crippen MR) is 57.5 cm³/mol. The van der Waals surface area contributed by atoms with Crippen LogP contribution in [0, 0.1) is 5.92 Å². The molecule has 1 saturated carbocycles. The molecule has 1 aromatic rings. The third kappa shape index (κ3) is 1.24. The predicted octanol–water partition coefficient (Wildman–Crippen LogP) is 2.09. The Balaban J connectivity index is 1.79. The van der Waals surface area contributed by atoms with Crippen molar-refractivity contribution in [1.29, 1.82) is 0 Å². The fourth-order valence-corrected chi connectivity index (χ4v) is 2.26. The minimum Gasteiger partial charge on any atom is -0.381 e. The highest BCUT2D eigenvalue weighted by Crippen LogP contribution is 2.34. The van der Waals surface area contributed by atoms with E-state index in [1.54, 1.807) is 0 Å². The van der Waals surface area contributed by atoms with Crippen molar-refractivity contribution in [2.75, 3.05) is 17.2 Å². The number of hydrogen-bond donors (Lipinski definition) is 2. The molecule has 2 heterocycles. The first-order valence-corrected chi connectivity index (χ1v) is 5.38. The molecule has 0 spiro atoms. The van der Waals surface area contributed by atoms with Crippen molar-refractivity contribution in [3.8, 4) is 0 Å². The van der Waals surface area contributed by atoms with Gasteiger partial charge in [0.15, 0.2) is 0 Å². The molecule has 0 aromatic carbocycles. The van der Waals surface area contributed by atoms with Gasteiger partial charge in [-0.05, 0) is 24.8 Å². The summed E-state index contributed by atoms with van der Waals surface area (Å²) >= 11 is 0. The van der Waals surface area contributed by atoms with Gasteiger partial charge < -0.3 is 10.6 Å². The van der Waals surface area contributed by atoms with Gasteiger partial charge in [0.05, 0.1) is 17.6 Å². The molecular weight excluding hydrogens is 174 g/mol. The zero-order valence-corrected chi connectivity index (χ0v) is 8.16. The van der Waals surface area contributed by atoms with Crippen LogP contribution in [0.25, 0.3) is 0 Å². The lowest BCUT2D eigenvalue weighted by atomic mass is 9.79. The minimum absolute atomic E-state index is 0.612. The summed E-state index contributed by atoms with van der Waals surface area (Å²) in [6.45, 7) is 1.06. The van der Waals surface area contributed by atoms with E-state index >= 15 is 0 Å². The number of anilines is 2. The maximum absolute atomic E-state index is 4.13. The van der Waals surface area contributed by atoms with Crippen molar-refractivity contribution in [1.82, 2.24) is 4.98 Å². The Hall–Kier alpha value is -1.25. The second-order valence-electron chi connectivity index (χ2n) is 4.24. The molecule has 0 saturated heterocycles. The number of hydrogen-bond acceptors (Lipinski definition) is 3. The van der Waals surface area contributed by atoms with E-state index in [0.29, 0.717) is 6.04 Å². The molecule has 0 amide bonds. The lowest BCUT2D eigenvalue weighted by Crippen LogP contribution is -2.41. The summed E-state index contributed by atoms with van der Waals surface area (Å²) in [4.78, 5) is 4.13. The van der Waals surface area contributed by atoms with Crippen LogP contribution in [0.4, 0.5) is 11.4 Å². The Morgan fingerprint density at radius 1 is 1.29 bits per heavy atom. The number of rotatable bonds is 1. The first-order valence-electron chi connectivity index (χ1n) is 5.38. The van der Waals surface area contributed by atoms with Gasteiger partial charge in [-0.3, -0.25) is 4.98 Å². The molecule has 1 fully saturated rings. The quantitative estimate of drug-likeness (QED) is 0.710. The van der Waals surface area contributed by atoms with Crippen molar-refractivity contribution < 1.29 is 0 Å². The van der Waals surface area contributed by atoms with Crippen LogP contribution in [-0.2, 0) is 0 Å². The maximum Gasteiger partial charge on any atom is 0.0765 e. The molecule has 1 atom stereocenters. The number of nitrogens with one attached hydrogen (secondary N) is 2. The van der Waals surface area contributed by atoms with Crippen molar-refractivity contribution in [2.24, 2.45) is 5.92 Å². The third-order valence-corrected chi connectivity index (χ3v) is 3.39. The van der Waals surface area contributed by atoms with Gasteiger partial charge in [0.2, 0.25) is 0 Å². The van der Waals surface area contributed by atoms with Crippen molar-refractivity contribution >= 4 is 11.4 Å². The highest BCUT2D eigenvalue weighted by molar-refractivity contribution is 5.69. The second-order valence-corrected chi connectivity index (χ2v) is 4.24. The van der Waals surface area contributed by atoms with Crippen molar-refractivity contribution in [2.45, 2.75) is 25.3 Å². The van der Waals surface area contributed by atoms with E-state index in [0.717, 1.165) is 18.2 Å². The molecule has 0 radical (unpaired) electrons. The van der Waals surface area contributed by atoms with Gasteiger partial charge in [0.25, 0.3) is 0 Å². The van der Waals surface area contributed by atoms with E-state index in [1.807, 2.05) is 18.5 Å². The van der Waals surface area contributed by atoms with Crippen LogP contribution in [0.15, 0.2) is 18.5 Å². The number of aromatic nitrogens is 1. The molecule has 1 unspecified atom stereocenters. The first kappa shape index (κ1) is 8.09. The lowest BCUT2D eigenvalue weighted by molar-refractivity contribution is 0.279. The molecule has 3 nitrogen and oxygen atoms in total. The van der Waals surface area contributed by atoms with Crippen LogP contribution in [0.2, 0.25) is 0 Å². The van der Waals surface area contributed by atoms with Crippen LogP contribution in [-0.4, -0.2) is 17.6 Å².